The number of nitrogens with zero attached hydrogens (tertiary/aromatic N) is 1. The van der Waals surface area contributed by atoms with Crippen LogP contribution < -0.4 is 15.4 Å². The average molecular weight is 265 g/mol. The Bertz CT molecular complexity index is 498. The molecule has 1 heterocycles. The van der Waals surface area contributed by atoms with E-state index in [4.69, 9.17) is 4.74 Å². The summed E-state index contributed by atoms with van der Waals surface area (Å²) in [6.07, 6.45) is 0.695. The summed E-state index contributed by atoms with van der Waals surface area (Å²) in [5.41, 5.74) is 0.216. The van der Waals surface area contributed by atoms with Crippen LogP contribution in [0.15, 0.2) is 18.2 Å². The number of nitro benzene ring substituents is 1. The van der Waals surface area contributed by atoms with Gasteiger partial charge in [-0.3, -0.25) is 14.9 Å². The minimum atomic E-state index is -0.509. The lowest BCUT2D eigenvalue weighted by Gasteiger charge is -2.13. The molecule has 7 nitrogen and oxygen atoms in total. The molecule has 1 unspecified atom stereocenters. The minimum absolute atomic E-state index is 0.0985. The first-order chi connectivity index (χ1) is 9.11. The molecule has 0 spiro atoms. The molecule has 1 aromatic rings. The third-order valence-corrected chi connectivity index (χ3v) is 2.95. The number of carbonyl (C=O) groups is 1. The van der Waals surface area contributed by atoms with Crippen LogP contribution in [-0.2, 0) is 0 Å². The predicted octanol–water partition coefficient (Wildman–Crippen LogP) is 0.695. The molecule has 1 fully saturated rings. The first kappa shape index (κ1) is 13.3. The molecule has 2 rings (SSSR count). The Morgan fingerprint density at radius 1 is 1.58 bits per heavy atom. The van der Waals surface area contributed by atoms with Crippen LogP contribution in [0.4, 0.5) is 5.69 Å². The number of rotatable bonds is 4. The molecule has 19 heavy (non-hydrogen) atoms. The van der Waals surface area contributed by atoms with Gasteiger partial charge in [0.1, 0.15) is 6.10 Å². The lowest BCUT2D eigenvalue weighted by atomic mass is 10.1. The molecule has 1 aliphatic rings. The summed E-state index contributed by atoms with van der Waals surface area (Å²) in [6.45, 7) is 1.48. The van der Waals surface area contributed by atoms with E-state index in [9.17, 15) is 14.9 Å². The molecule has 2 N–H and O–H groups in total. The van der Waals surface area contributed by atoms with Gasteiger partial charge >= 0.3 is 5.69 Å². The van der Waals surface area contributed by atoms with Gasteiger partial charge in [-0.1, -0.05) is 0 Å². The van der Waals surface area contributed by atoms with Crippen LogP contribution in [0.1, 0.15) is 16.8 Å². The van der Waals surface area contributed by atoms with E-state index in [1.807, 2.05) is 0 Å². The Kier molecular flexibility index (Phi) is 3.96. The highest BCUT2D eigenvalue weighted by Gasteiger charge is 2.23. The summed E-state index contributed by atoms with van der Waals surface area (Å²) < 4.78 is 5.62. The van der Waals surface area contributed by atoms with Crippen molar-refractivity contribution in [3.05, 3.63) is 33.9 Å². The number of nitro groups is 1. The minimum Gasteiger partial charge on any atom is -0.482 e. The van der Waals surface area contributed by atoms with Crippen molar-refractivity contribution in [2.75, 3.05) is 20.1 Å². The van der Waals surface area contributed by atoms with Crippen molar-refractivity contribution in [1.29, 1.82) is 0 Å². The molecular weight excluding hydrogens is 250 g/mol. The fraction of sp³-hybridized carbons (Fsp3) is 0.417. The predicted molar refractivity (Wildman–Crippen MR) is 68.4 cm³/mol. The number of benzene rings is 1. The Labute approximate surface area is 110 Å². The molecule has 0 saturated carbocycles. The maximum absolute atomic E-state index is 11.5. The van der Waals surface area contributed by atoms with Gasteiger partial charge in [0.2, 0.25) is 0 Å². The summed E-state index contributed by atoms with van der Waals surface area (Å²) in [4.78, 5) is 22.0. The highest BCUT2D eigenvalue weighted by Crippen LogP contribution is 2.29. The monoisotopic (exact) mass is 265 g/mol. The van der Waals surface area contributed by atoms with Gasteiger partial charge in [0.25, 0.3) is 5.91 Å². The molecule has 0 aliphatic carbocycles. The van der Waals surface area contributed by atoms with Crippen molar-refractivity contribution in [3.63, 3.8) is 0 Å². The lowest BCUT2D eigenvalue weighted by Crippen LogP contribution is -2.21. The maximum atomic E-state index is 11.5. The van der Waals surface area contributed by atoms with Gasteiger partial charge in [-0.25, -0.2) is 0 Å². The Morgan fingerprint density at radius 2 is 2.37 bits per heavy atom. The third kappa shape index (κ3) is 3.00. The van der Waals surface area contributed by atoms with E-state index < -0.39 is 4.92 Å². The Hall–Kier alpha value is -2.15. The van der Waals surface area contributed by atoms with Gasteiger partial charge in [-0.2, -0.15) is 0 Å². The van der Waals surface area contributed by atoms with Gasteiger partial charge in [0.05, 0.1) is 4.92 Å². The van der Waals surface area contributed by atoms with Crippen LogP contribution in [0, 0.1) is 10.1 Å². The standard InChI is InChI=1S/C12H15N3O4/c1-13-12(16)8-2-3-10(15(17)18)11(6-8)19-9-4-5-14-7-9/h2-3,6,9,14H,4-5,7H2,1H3,(H,13,16). The van der Waals surface area contributed by atoms with E-state index in [0.29, 0.717) is 12.1 Å². The highest BCUT2D eigenvalue weighted by molar-refractivity contribution is 5.94. The zero-order valence-corrected chi connectivity index (χ0v) is 10.5. The Balaban J connectivity index is 2.29. The molecule has 0 radical (unpaired) electrons. The van der Waals surface area contributed by atoms with Crippen LogP contribution in [0.3, 0.4) is 0 Å². The molecular formula is C12H15N3O4. The van der Waals surface area contributed by atoms with Crippen LogP contribution >= 0.6 is 0 Å². The Morgan fingerprint density at radius 3 is 2.95 bits per heavy atom. The zero-order chi connectivity index (χ0) is 13.8. The number of ether oxygens (including phenoxy) is 1. The van der Waals surface area contributed by atoms with Crippen LogP contribution in [0.25, 0.3) is 0 Å². The second kappa shape index (κ2) is 5.66. The van der Waals surface area contributed by atoms with Crippen LogP contribution in [-0.4, -0.2) is 37.1 Å². The van der Waals surface area contributed by atoms with Gasteiger partial charge in [0, 0.05) is 31.3 Å². The first-order valence-electron chi connectivity index (χ1n) is 5.99. The zero-order valence-electron chi connectivity index (χ0n) is 10.5. The second-order valence-corrected chi connectivity index (χ2v) is 4.25. The molecule has 1 amide bonds. The smallest absolute Gasteiger partial charge is 0.310 e. The number of nitrogens with one attached hydrogen (secondary N) is 2. The molecule has 1 aromatic carbocycles. The highest BCUT2D eigenvalue weighted by atomic mass is 16.6. The molecule has 1 aliphatic heterocycles. The van der Waals surface area contributed by atoms with E-state index in [0.717, 1.165) is 13.0 Å². The average Bonchev–Trinajstić information content (AvgIpc) is 2.90. The summed E-state index contributed by atoms with van der Waals surface area (Å²) in [7, 11) is 1.51. The molecule has 1 atom stereocenters. The fourth-order valence-electron chi connectivity index (χ4n) is 1.95. The van der Waals surface area contributed by atoms with Crippen molar-refractivity contribution >= 4 is 11.6 Å². The van der Waals surface area contributed by atoms with E-state index in [-0.39, 0.29) is 23.4 Å². The quantitative estimate of drug-likeness (QED) is 0.617. The summed E-state index contributed by atoms with van der Waals surface area (Å²) in [5, 5.41) is 16.5. The van der Waals surface area contributed by atoms with Crippen molar-refractivity contribution in [2.24, 2.45) is 0 Å². The molecule has 1 saturated heterocycles. The molecule has 0 aromatic heterocycles. The topological polar surface area (TPSA) is 93.5 Å². The maximum Gasteiger partial charge on any atom is 0.310 e. The largest absolute Gasteiger partial charge is 0.482 e. The summed E-state index contributed by atoms with van der Waals surface area (Å²) in [5.74, 6) is -0.163. The van der Waals surface area contributed by atoms with Crippen LogP contribution in [0.5, 0.6) is 5.75 Å². The second-order valence-electron chi connectivity index (χ2n) is 4.25. The number of amides is 1. The van der Waals surface area contributed by atoms with E-state index in [1.165, 1.54) is 25.2 Å². The third-order valence-electron chi connectivity index (χ3n) is 2.95. The van der Waals surface area contributed by atoms with Crippen molar-refractivity contribution in [3.8, 4) is 5.75 Å². The number of hydrogen-bond donors (Lipinski definition) is 2. The molecule has 0 bridgehead atoms. The SMILES string of the molecule is CNC(=O)c1ccc([N+](=O)[O-])c(OC2CCNC2)c1. The number of hydrogen-bond acceptors (Lipinski definition) is 5. The normalized spacial score (nSPS) is 18.1. The van der Waals surface area contributed by atoms with Gasteiger partial charge < -0.3 is 15.4 Å². The summed E-state index contributed by atoms with van der Waals surface area (Å²) >= 11 is 0. The van der Waals surface area contributed by atoms with Crippen molar-refractivity contribution < 1.29 is 14.5 Å². The molecule has 7 heteroatoms. The first-order valence-corrected chi connectivity index (χ1v) is 5.99. The number of carbonyl (C=O) groups excluding carboxylic acids is 1. The van der Waals surface area contributed by atoms with Crippen molar-refractivity contribution in [2.45, 2.75) is 12.5 Å². The van der Waals surface area contributed by atoms with E-state index >= 15 is 0 Å². The van der Waals surface area contributed by atoms with E-state index in [2.05, 4.69) is 10.6 Å². The fourth-order valence-corrected chi connectivity index (χ4v) is 1.95. The van der Waals surface area contributed by atoms with Crippen LogP contribution in [0.2, 0.25) is 0 Å². The van der Waals surface area contributed by atoms with Gasteiger partial charge in [-0.05, 0) is 19.0 Å². The molecule has 102 valence electrons. The van der Waals surface area contributed by atoms with Gasteiger partial charge in [-0.15, -0.1) is 0 Å². The summed E-state index contributed by atoms with van der Waals surface area (Å²) in [6, 6.07) is 4.12. The van der Waals surface area contributed by atoms with Gasteiger partial charge in [0.15, 0.2) is 5.75 Å². The van der Waals surface area contributed by atoms with Crippen molar-refractivity contribution in [1.82, 2.24) is 10.6 Å². The lowest BCUT2D eigenvalue weighted by molar-refractivity contribution is -0.386. The van der Waals surface area contributed by atoms with E-state index in [1.54, 1.807) is 0 Å².